The van der Waals surface area contributed by atoms with Crippen molar-refractivity contribution in [3.8, 4) is 17.1 Å². The summed E-state index contributed by atoms with van der Waals surface area (Å²) < 4.78 is 41.8. The Morgan fingerprint density at radius 3 is 2.75 bits per heavy atom. The molecule has 9 heteroatoms. The summed E-state index contributed by atoms with van der Waals surface area (Å²) in [5.74, 6) is -1.03. The van der Waals surface area contributed by atoms with Crippen LogP contribution in [0.2, 0.25) is 0 Å². The minimum atomic E-state index is -4.53. The van der Waals surface area contributed by atoms with E-state index in [9.17, 15) is 18.0 Å². The number of nitrogens with one attached hydrogen (secondary N) is 1. The molecule has 2 heterocycles. The number of aromatic nitrogens is 2. The minimum absolute atomic E-state index is 0.102. The Morgan fingerprint density at radius 1 is 1.25 bits per heavy atom. The molecule has 0 bridgehead atoms. The van der Waals surface area contributed by atoms with Crippen molar-refractivity contribution in [2.75, 3.05) is 11.9 Å². The summed E-state index contributed by atoms with van der Waals surface area (Å²) in [4.78, 5) is 20.6. The smallest absolute Gasteiger partial charge is 0.422 e. The highest BCUT2D eigenvalue weighted by atomic mass is 32.1. The van der Waals surface area contributed by atoms with E-state index in [1.807, 2.05) is 32.0 Å². The second-order valence-electron chi connectivity index (χ2n) is 6.07. The number of alkyl halides is 3. The van der Waals surface area contributed by atoms with Crippen LogP contribution in [0.25, 0.3) is 11.3 Å². The van der Waals surface area contributed by atoms with Crippen LogP contribution in [0.4, 0.5) is 18.3 Å². The Kier molecular flexibility index (Phi) is 5.64. The molecule has 0 spiro atoms. The maximum Gasteiger partial charge on any atom is 0.422 e. The second kappa shape index (κ2) is 7.97. The number of rotatable bonds is 5. The molecule has 0 aliphatic carbocycles. The van der Waals surface area contributed by atoms with Crippen LogP contribution >= 0.6 is 11.3 Å². The topological polar surface area (TPSA) is 64.1 Å². The number of hydrogen-bond acceptors (Lipinski definition) is 5. The fourth-order valence-corrected chi connectivity index (χ4v) is 3.25. The fourth-order valence-electron chi connectivity index (χ4n) is 2.55. The van der Waals surface area contributed by atoms with Crippen molar-refractivity contribution in [3.05, 3.63) is 58.6 Å². The minimum Gasteiger partial charge on any atom is -0.467 e. The van der Waals surface area contributed by atoms with Crippen molar-refractivity contribution >= 4 is 22.4 Å². The van der Waals surface area contributed by atoms with Gasteiger partial charge in [0, 0.05) is 17.1 Å². The number of nitrogens with zero attached hydrogens (tertiary/aromatic N) is 2. The van der Waals surface area contributed by atoms with Gasteiger partial charge in [0.1, 0.15) is 5.56 Å². The maximum absolute atomic E-state index is 12.5. The monoisotopic (exact) mass is 407 g/mol. The van der Waals surface area contributed by atoms with Crippen LogP contribution in [0, 0.1) is 13.8 Å². The Labute approximate surface area is 163 Å². The number of amides is 1. The molecule has 5 nitrogen and oxygen atoms in total. The lowest BCUT2D eigenvalue weighted by Gasteiger charge is -2.11. The van der Waals surface area contributed by atoms with Crippen LogP contribution in [0.5, 0.6) is 5.88 Å². The van der Waals surface area contributed by atoms with E-state index in [4.69, 9.17) is 0 Å². The molecule has 0 atom stereocenters. The number of benzene rings is 1. The third-order valence-electron chi connectivity index (χ3n) is 3.77. The van der Waals surface area contributed by atoms with E-state index in [0.717, 1.165) is 16.7 Å². The first-order chi connectivity index (χ1) is 13.2. The van der Waals surface area contributed by atoms with Crippen LogP contribution in [0.15, 0.2) is 41.9 Å². The molecular weight excluding hydrogens is 391 g/mol. The molecule has 3 rings (SSSR count). The molecule has 0 fully saturated rings. The molecule has 1 N–H and O–H groups in total. The number of carbonyl (C=O) groups excluding carboxylic acids is 1. The fraction of sp³-hybridized carbons (Fsp3) is 0.211. The van der Waals surface area contributed by atoms with Crippen molar-refractivity contribution in [1.29, 1.82) is 0 Å². The summed E-state index contributed by atoms with van der Waals surface area (Å²) >= 11 is 1.22. The van der Waals surface area contributed by atoms with Crippen LogP contribution in [-0.2, 0) is 0 Å². The number of pyridine rings is 1. The zero-order valence-electron chi connectivity index (χ0n) is 15.0. The third kappa shape index (κ3) is 4.86. The molecule has 28 heavy (non-hydrogen) atoms. The van der Waals surface area contributed by atoms with Crippen LogP contribution in [0.3, 0.4) is 0 Å². The molecule has 1 aromatic carbocycles. The van der Waals surface area contributed by atoms with Crippen LogP contribution < -0.4 is 10.1 Å². The van der Waals surface area contributed by atoms with Gasteiger partial charge in [-0.2, -0.15) is 13.2 Å². The molecule has 1 amide bonds. The van der Waals surface area contributed by atoms with E-state index < -0.39 is 18.7 Å². The largest absolute Gasteiger partial charge is 0.467 e. The quantitative estimate of drug-likeness (QED) is 0.645. The highest BCUT2D eigenvalue weighted by Crippen LogP contribution is 2.29. The second-order valence-corrected chi connectivity index (χ2v) is 6.93. The standard InChI is InChI=1S/C19H16F3N3O2S/c1-11-5-6-13(12(2)8-11)15-9-28-18(24-15)25-16(26)14-4-3-7-23-17(14)27-10-19(20,21)22/h3-9H,10H2,1-2H3,(H,24,25,26). The van der Waals surface area contributed by atoms with E-state index in [-0.39, 0.29) is 11.4 Å². The highest BCUT2D eigenvalue weighted by Gasteiger charge is 2.29. The molecule has 0 unspecified atom stereocenters. The molecule has 2 aromatic heterocycles. The average Bonchev–Trinajstić information content (AvgIpc) is 3.07. The first-order valence-corrected chi connectivity index (χ1v) is 9.10. The van der Waals surface area contributed by atoms with Gasteiger partial charge in [-0.05, 0) is 31.5 Å². The zero-order valence-corrected chi connectivity index (χ0v) is 15.8. The van der Waals surface area contributed by atoms with Gasteiger partial charge in [0.25, 0.3) is 5.91 Å². The van der Waals surface area contributed by atoms with Gasteiger partial charge in [0.2, 0.25) is 5.88 Å². The Morgan fingerprint density at radius 2 is 2.04 bits per heavy atom. The van der Waals surface area contributed by atoms with Crippen LogP contribution in [0.1, 0.15) is 21.5 Å². The normalized spacial score (nSPS) is 11.3. The number of aryl methyl sites for hydroxylation is 2. The number of halogens is 3. The lowest BCUT2D eigenvalue weighted by atomic mass is 10.0. The molecule has 0 aliphatic heterocycles. The number of anilines is 1. The van der Waals surface area contributed by atoms with Crippen molar-refractivity contribution in [2.45, 2.75) is 20.0 Å². The van der Waals surface area contributed by atoms with Gasteiger partial charge in [-0.25, -0.2) is 9.97 Å². The zero-order chi connectivity index (χ0) is 20.3. The van der Waals surface area contributed by atoms with Gasteiger partial charge in [0.15, 0.2) is 11.7 Å². The molecule has 0 aliphatic rings. The van der Waals surface area contributed by atoms with Gasteiger partial charge >= 0.3 is 6.18 Å². The molecule has 146 valence electrons. The highest BCUT2D eigenvalue weighted by molar-refractivity contribution is 7.14. The average molecular weight is 407 g/mol. The third-order valence-corrected chi connectivity index (χ3v) is 4.53. The van der Waals surface area contributed by atoms with E-state index in [2.05, 4.69) is 20.0 Å². The van der Waals surface area contributed by atoms with E-state index in [1.165, 1.54) is 29.7 Å². The summed E-state index contributed by atoms with van der Waals surface area (Å²) in [5.41, 5.74) is 3.73. The molecular formula is C19H16F3N3O2S. The number of thiazole rings is 1. The van der Waals surface area contributed by atoms with Gasteiger partial charge in [-0.3, -0.25) is 10.1 Å². The summed E-state index contributed by atoms with van der Waals surface area (Å²) in [6, 6.07) is 8.74. The van der Waals surface area contributed by atoms with E-state index >= 15 is 0 Å². The van der Waals surface area contributed by atoms with E-state index in [0.29, 0.717) is 10.8 Å². The molecule has 3 aromatic rings. The summed E-state index contributed by atoms with van der Waals surface area (Å²) in [7, 11) is 0. The van der Waals surface area contributed by atoms with Crippen molar-refractivity contribution in [2.24, 2.45) is 0 Å². The van der Waals surface area contributed by atoms with E-state index in [1.54, 1.807) is 5.38 Å². The maximum atomic E-state index is 12.5. The predicted molar refractivity (Wildman–Crippen MR) is 101 cm³/mol. The van der Waals surface area contributed by atoms with Crippen molar-refractivity contribution < 1.29 is 22.7 Å². The van der Waals surface area contributed by atoms with Crippen molar-refractivity contribution in [1.82, 2.24) is 9.97 Å². The molecule has 0 saturated heterocycles. The summed E-state index contributed by atoms with van der Waals surface area (Å²) in [5, 5.41) is 4.71. The van der Waals surface area contributed by atoms with Gasteiger partial charge in [-0.15, -0.1) is 11.3 Å². The van der Waals surface area contributed by atoms with Gasteiger partial charge in [-0.1, -0.05) is 23.8 Å². The molecule has 0 radical (unpaired) electrons. The predicted octanol–water partition coefficient (Wildman–Crippen LogP) is 5.02. The first kappa shape index (κ1) is 19.8. The SMILES string of the molecule is Cc1ccc(-c2csc(NC(=O)c3cccnc3OCC(F)(F)F)n2)c(C)c1. The van der Waals surface area contributed by atoms with Gasteiger partial charge in [0.05, 0.1) is 5.69 Å². The Hall–Kier alpha value is -2.94. The lowest BCUT2D eigenvalue weighted by molar-refractivity contribution is -0.154. The number of carbonyl (C=O) groups is 1. The van der Waals surface area contributed by atoms with Crippen molar-refractivity contribution in [3.63, 3.8) is 0 Å². The first-order valence-electron chi connectivity index (χ1n) is 8.22. The summed E-state index contributed by atoms with van der Waals surface area (Å²) in [6.45, 7) is 2.44. The summed E-state index contributed by atoms with van der Waals surface area (Å²) in [6.07, 6.45) is -3.27. The number of ether oxygens (including phenoxy) is 1. The number of hydrogen-bond donors (Lipinski definition) is 1. The van der Waals surface area contributed by atoms with Crippen LogP contribution in [-0.4, -0.2) is 28.7 Å². The van der Waals surface area contributed by atoms with Gasteiger partial charge < -0.3 is 4.74 Å². The lowest BCUT2D eigenvalue weighted by Crippen LogP contribution is -2.21. The Bertz CT molecular complexity index is 1000. The molecule has 0 saturated carbocycles. The Balaban J connectivity index is 1.77.